The van der Waals surface area contributed by atoms with Gasteiger partial charge in [0.1, 0.15) is 12.8 Å². The molecule has 0 aliphatic carbocycles. The van der Waals surface area contributed by atoms with Gasteiger partial charge >= 0.3 is 6.18 Å². The van der Waals surface area contributed by atoms with Crippen LogP contribution < -0.4 is 0 Å². The summed E-state index contributed by atoms with van der Waals surface area (Å²) in [6.07, 6.45) is -1.79. The number of rotatable bonds is 4. The Balaban J connectivity index is 1.90. The van der Waals surface area contributed by atoms with E-state index in [4.69, 9.17) is 4.84 Å². The molecule has 0 unspecified atom stereocenters. The van der Waals surface area contributed by atoms with Crippen molar-refractivity contribution in [1.82, 2.24) is 0 Å². The van der Waals surface area contributed by atoms with Gasteiger partial charge in [0.15, 0.2) is 0 Å². The molecule has 0 aromatic heterocycles. The number of benzene rings is 2. The lowest BCUT2D eigenvalue weighted by atomic mass is 10.1. The highest BCUT2D eigenvalue weighted by molar-refractivity contribution is 5.79. The zero-order valence-corrected chi connectivity index (χ0v) is 11.3. The molecule has 1 radical (unpaired) electrons. The van der Waals surface area contributed by atoms with Gasteiger partial charge in [0.25, 0.3) is 0 Å². The molecule has 0 atom stereocenters. The molecular formula is C16H13F3NO. The molecule has 0 bridgehead atoms. The smallest absolute Gasteiger partial charge is 0.390 e. The predicted octanol–water partition coefficient (Wildman–Crippen LogP) is 4.44. The minimum Gasteiger partial charge on any atom is -0.390 e. The van der Waals surface area contributed by atoms with E-state index in [1.165, 1.54) is 12.1 Å². The molecule has 0 saturated heterocycles. The van der Waals surface area contributed by atoms with E-state index in [1.54, 1.807) is 0 Å². The van der Waals surface area contributed by atoms with E-state index in [0.29, 0.717) is 5.56 Å². The molecule has 2 nitrogen and oxygen atoms in total. The van der Waals surface area contributed by atoms with Gasteiger partial charge in [0, 0.05) is 5.56 Å². The Labute approximate surface area is 120 Å². The first-order valence-electron chi connectivity index (χ1n) is 6.26. The highest BCUT2D eigenvalue weighted by atomic mass is 19.4. The van der Waals surface area contributed by atoms with Gasteiger partial charge < -0.3 is 4.84 Å². The lowest BCUT2D eigenvalue weighted by Crippen LogP contribution is -2.04. The van der Waals surface area contributed by atoms with Crippen molar-refractivity contribution in [3.63, 3.8) is 0 Å². The maximum atomic E-state index is 12.4. The number of hydrogen-bond acceptors (Lipinski definition) is 2. The van der Waals surface area contributed by atoms with E-state index in [1.807, 2.05) is 31.2 Å². The van der Waals surface area contributed by atoms with Gasteiger partial charge in [-0.15, -0.1) is 0 Å². The zero-order valence-electron chi connectivity index (χ0n) is 11.3. The van der Waals surface area contributed by atoms with Crippen LogP contribution in [0.25, 0.3) is 0 Å². The third-order valence-electron chi connectivity index (χ3n) is 2.77. The van der Waals surface area contributed by atoms with Crippen LogP contribution in [0, 0.1) is 6.92 Å². The van der Waals surface area contributed by atoms with Gasteiger partial charge in [0.05, 0.1) is 5.56 Å². The second-order valence-electron chi connectivity index (χ2n) is 4.54. The van der Waals surface area contributed by atoms with Crippen molar-refractivity contribution in [3.8, 4) is 0 Å². The monoisotopic (exact) mass is 292 g/mol. The molecule has 0 heterocycles. The van der Waals surface area contributed by atoms with Crippen LogP contribution in [0.1, 0.15) is 22.3 Å². The molecule has 0 spiro atoms. The summed E-state index contributed by atoms with van der Waals surface area (Å²) < 4.78 is 37.1. The molecule has 0 aliphatic rings. The van der Waals surface area contributed by atoms with Gasteiger partial charge in [-0.2, -0.15) is 13.2 Å². The second kappa shape index (κ2) is 6.43. The molecule has 21 heavy (non-hydrogen) atoms. The van der Waals surface area contributed by atoms with Crippen molar-refractivity contribution in [2.45, 2.75) is 19.7 Å². The summed E-state index contributed by atoms with van der Waals surface area (Å²) >= 11 is 0. The van der Waals surface area contributed by atoms with Gasteiger partial charge in [-0.25, -0.2) is 0 Å². The number of nitrogens with zero attached hydrogens (tertiary/aromatic N) is 1. The molecule has 0 aliphatic heterocycles. The highest BCUT2D eigenvalue weighted by Gasteiger charge is 2.29. The van der Waals surface area contributed by atoms with Crippen LogP contribution in [0.5, 0.6) is 0 Å². The van der Waals surface area contributed by atoms with Gasteiger partial charge in [-0.1, -0.05) is 47.1 Å². The SMILES string of the molecule is Cc1cccc(CO/N=[C]\c2ccc(C(F)(F)F)cc2)c1. The first-order chi connectivity index (χ1) is 9.95. The van der Waals surface area contributed by atoms with E-state index in [-0.39, 0.29) is 6.61 Å². The minimum absolute atomic E-state index is 0.287. The topological polar surface area (TPSA) is 21.6 Å². The summed E-state index contributed by atoms with van der Waals surface area (Å²) in [4.78, 5) is 5.07. The molecule has 2 aromatic carbocycles. The third kappa shape index (κ3) is 4.63. The summed E-state index contributed by atoms with van der Waals surface area (Å²) in [7, 11) is 0. The maximum Gasteiger partial charge on any atom is 0.416 e. The van der Waals surface area contributed by atoms with Crippen LogP contribution in [-0.4, -0.2) is 6.21 Å². The average molecular weight is 292 g/mol. The van der Waals surface area contributed by atoms with E-state index in [0.717, 1.165) is 23.3 Å². The van der Waals surface area contributed by atoms with Crippen molar-refractivity contribution in [2.24, 2.45) is 5.16 Å². The standard InChI is InChI=1S/C16H13F3NO/c1-12-3-2-4-14(9-12)11-21-20-10-13-5-7-15(8-6-13)16(17,18)19/h2-9H,11H2,1H3. The Morgan fingerprint density at radius 3 is 2.43 bits per heavy atom. The first-order valence-corrected chi connectivity index (χ1v) is 6.26. The molecule has 0 amide bonds. The normalized spacial score (nSPS) is 11.8. The van der Waals surface area contributed by atoms with Crippen LogP contribution in [0.15, 0.2) is 53.7 Å². The molecule has 0 N–H and O–H groups in total. The van der Waals surface area contributed by atoms with Crippen LogP contribution >= 0.6 is 0 Å². The average Bonchev–Trinajstić information content (AvgIpc) is 2.43. The molecule has 5 heteroatoms. The van der Waals surface area contributed by atoms with E-state index in [2.05, 4.69) is 11.4 Å². The summed E-state index contributed by atoms with van der Waals surface area (Å²) in [5, 5.41) is 3.63. The summed E-state index contributed by atoms with van der Waals surface area (Å²) in [6, 6.07) is 12.3. The van der Waals surface area contributed by atoms with Crippen molar-refractivity contribution in [2.75, 3.05) is 0 Å². The van der Waals surface area contributed by atoms with Crippen LogP contribution in [0.2, 0.25) is 0 Å². The quantitative estimate of drug-likeness (QED) is 0.603. The summed E-state index contributed by atoms with van der Waals surface area (Å²) in [5.41, 5.74) is 1.81. The van der Waals surface area contributed by atoms with E-state index >= 15 is 0 Å². The van der Waals surface area contributed by atoms with Crippen molar-refractivity contribution < 1.29 is 18.0 Å². The van der Waals surface area contributed by atoms with E-state index < -0.39 is 11.7 Å². The molecule has 2 rings (SSSR count). The summed E-state index contributed by atoms with van der Waals surface area (Å²) in [5.74, 6) is 0. The third-order valence-corrected chi connectivity index (χ3v) is 2.77. The van der Waals surface area contributed by atoms with Crippen molar-refractivity contribution in [1.29, 1.82) is 0 Å². The molecule has 109 valence electrons. The first kappa shape index (κ1) is 15.1. The predicted molar refractivity (Wildman–Crippen MR) is 73.9 cm³/mol. The number of aryl methyl sites for hydroxylation is 1. The fourth-order valence-electron chi connectivity index (χ4n) is 1.73. The largest absolute Gasteiger partial charge is 0.416 e. The van der Waals surface area contributed by atoms with Crippen LogP contribution in [0.3, 0.4) is 0 Å². The van der Waals surface area contributed by atoms with Gasteiger partial charge in [0.2, 0.25) is 0 Å². The number of halogens is 3. The summed E-state index contributed by atoms with van der Waals surface area (Å²) in [6.45, 7) is 2.26. The minimum atomic E-state index is -4.34. The Hall–Kier alpha value is -2.30. The Kier molecular flexibility index (Phi) is 4.62. The number of hydrogen-bond donors (Lipinski definition) is 0. The lowest BCUT2D eigenvalue weighted by Gasteiger charge is -2.05. The van der Waals surface area contributed by atoms with Crippen molar-refractivity contribution in [3.05, 3.63) is 70.8 Å². The van der Waals surface area contributed by atoms with Crippen molar-refractivity contribution >= 4 is 6.21 Å². The Bertz CT molecular complexity index is 618. The fourth-order valence-corrected chi connectivity index (χ4v) is 1.73. The molecule has 0 saturated carbocycles. The number of alkyl halides is 3. The molecule has 0 fully saturated rings. The zero-order chi connectivity index (χ0) is 15.3. The second-order valence-corrected chi connectivity index (χ2v) is 4.54. The molecule has 2 aromatic rings. The fraction of sp³-hybridized carbons (Fsp3) is 0.188. The maximum absolute atomic E-state index is 12.4. The van der Waals surface area contributed by atoms with Crippen LogP contribution in [-0.2, 0) is 17.6 Å². The Morgan fingerprint density at radius 2 is 1.81 bits per heavy atom. The lowest BCUT2D eigenvalue weighted by molar-refractivity contribution is -0.137. The van der Waals surface area contributed by atoms with E-state index in [9.17, 15) is 13.2 Å². The highest BCUT2D eigenvalue weighted by Crippen LogP contribution is 2.28. The molecular weight excluding hydrogens is 279 g/mol. The van der Waals surface area contributed by atoms with Gasteiger partial charge in [-0.3, -0.25) is 0 Å². The van der Waals surface area contributed by atoms with Crippen LogP contribution in [0.4, 0.5) is 13.2 Å². The van der Waals surface area contributed by atoms with Gasteiger partial charge in [-0.05, 0) is 24.6 Å². The Morgan fingerprint density at radius 1 is 1.10 bits per heavy atom.